The zero-order valence-electron chi connectivity index (χ0n) is 11.3. The molecular weight excluding hydrogens is 228 g/mol. The molecule has 0 radical (unpaired) electrons. The molecule has 18 heavy (non-hydrogen) atoms. The van der Waals surface area contributed by atoms with Gasteiger partial charge in [-0.3, -0.25) is 9.59 Å². The van der Waals surface area contributed by atoms with E-state index in [-0.39, 0.29) is 18.8 Å². The Labute approximate surface area is 111 Å². The van der Waals surface area contributed by atoms with Gasteiger partial charge in [-0.1, -0.05) is 47.0 Å². The third kappa shape index (κ3) is 6.18. The van der Waals surface area contributed by atoms with Crippen molar-refractivity contribution in [1.29, 1.82) is 0 Å². The van der Waals surface area contributed by atoms with Gasteiger partial charge in [-0.2, -0.15) is 0 Å². The summed E-state index contributed by atoms with van der Waals surface area (Å²) in [5, 5.41) is 0. The molecule has 0 atom stereocenters. The van der Waals surface area contributed by atoms with E-state index in [0.717, 1.165) is 0 Å². The average Bonchev–Trinajstić information content (AvgIpc) is 2.68. The van der Waals surface area contributed by atoms with Crippen LogP contribution in [0.15, 0.2) is 0 Å². The molecule has 1 aliphatic rings. The van der Waals surface area contributed by atoms with E-state index in [9.17, 15) is 9.59 Å². The standard InChI is InChI=1S/C14H24O3.CH4/c1-14(2,10-13(16)17-3)9-12(15)8-11-6-4-5-7-11;/h11H,4-10H2,1-3H3;1H4. The van der Waals surface area contributed by atoms with Crippen molar-refractivity contribution in [2.75, 3.05) is 7.11 Å². The van der Waals surface area contributed by atoms with E-state index in [1.807, 2.05) is 13.8 Å². The Morgan fingerprint density at radius 2 is 1.72 bits per heavy atom. The molecule has 0 amide bonds. The van der Waals surface area contributed by atoms with Crippen LogP contribution in [-0.4, -0.2) is 18.9 Å². The average molecular weight is 256 g/mol. The lowest BCUT2D eigenvalue weighted by molar-refractivity contribution is -0.143. The van der Waals surface area contributed by atoms with Gasteiger partial charge < -0.3 is 4.74 Å². The maximum absolute atomic E-state index is 11.9. The van der Waals surface area contributed by atoms with E-state index in [1.54, 1.807) is 0 Å². The Kier molecular flexibility index (Phi) is 7.19. The molecule has 1 rings (SSSR count). The number of rotatable bonds is 6. The fourth-order valence-electron chi connectivity index (χ4n) is 2.67. The number of ketones is 1. The van der Waals surface area contributed by atoms with Crippen LogP contribution in [0, 0.1) is 11.3 Å². The van der Waals surface area contributed by atoms with E-state index < -0.39 is 0 Å². The number of esters is 1. The number of methoxy groups -OCH3 is 1. The number of hydrogen-bond acceptors (Lipinski definition) is 3. The first-order valence-corrected chi connectivity index (χ1v) is 6.51. The zero-order chi connectivity index (χ0) is 12.9. The molecule has 1 aliphatic carbocycles. The second kappa shape index (κ2) is 7.55. The van der Waals surface area contributed by atoms with Crippen LogP contribution in [0.5, 0.6) is 0 Å². The first-order valence-electron chi connectivity index (χ1n) is 6.51. The molecule has 3 nitrogen and oxygen atoms in total. The van der Waals surface area contributed by atoms with Crippen molar-refractivity contribution in [1.82, 2.24) is 0 Å². The predicted molar refractivity (Wildman–Crippen MR) is 73.3 cm³/mol. The number of carbonyl (C=O) groups is 2. The molecule has 0 N–H and O–H groups in total. The predicted octanol–water partition coefficient (Wildman–Crippen LogP) is 3.75. The van der Waals surface area contributed by atoms with Gasteiger partial charge in [-0.05, 0) is 11.3 Å². The molecule has 1 fully saturated rings. The normalized spacial score (nSPS) is 16.2. The largest absolute Gasteiger partial charge is 0.469 e. The minimum Gasteiger partial charge on any atom is -0.469 e. The van der Waals surface area contributed by atoms with Crippen LogP contribution in [0.2, 0.25) is 0 Å². The number of carbonyl (C=O) groups excluding carboxylic acids is 2. The summed E-state index contributed by atoms with van der Waals surface area (Å²) in [6, 6.07) is 0. The van der Waals surface area contributed by atoms with Crippen LogP contribution in [-0.2, 0) is 14.3 Å². The fourth-order valence-corrected chi connectivity index (χ4v) is 2.67. The zero-order valence-corrected chi connectivity index (χ0v) is 11.3. The summed E-state index contributed by atoms with van der Waals surface area (Å²) < 4.78 is 4.65. The number of Topliss-reactive ketones (excluding diaryl/α,β-unsaturated/α-hetero) is 1. The summed E-state index contributed by atoms with van der Waals surface area (Å²) in [5.41, 5.74) is -0.275. The lowest BCUT2D eigenvalue weighted by Gasteiger charge is -2.22. The molecule has 0 aromatic carbocycles. The van der Waals surface area contributed by atoms with Crippen LogP contribution >= 0.6 is 0 Å². The highest BCUT2D eigenvalue weighted by molar-refractivity contribution is 5.80. The molecule has 0 aliphatic heterocycles. The Balaban J connectivity index is 0.00000289. The molecule has 0 bridgehead atoms. The van der Waals surface area contributed by atoms with E-state index in [0.29, 0.717) is 31.0 Å². The van der Waals surface area contributed by atoms with Gasteiger partial charge in [-0.15, -0.1) is 0 Å². The molecule has 106 valence electrons. The van der Waals surface area contributed by atoms with E-state index in [4.69, 9.17) is 0 Å². The van der Waals surface area contributed by atoms with Crippen LogP contribution < -0.4 is 0 Å². The van der Waals surface area contributed by atoms with Gasteiger partial charge in [0.05, 0.1) is 13.5 Å². The topological polar surface area (TPSA) is 43.4 Å². The van der Waals surface area contributed by atoms with Gasteiger partial charge in [0.1, 0.15) is 5.78 Å². The van der Waals surface area contributed by atoms with Crippen molar-refractivity contribution < 1.29 is 14.3 Å². The summed E-state index contributed by atoms with van der Waals surface area (Å²) >= 11 is 0. The summed E-state index contributed by atoms with van der Waals surface area (Å²) in [6.45, 7) is 3.91. The third-order valence-electron chi connectivity index (χ3n) is 3.52. The molecular formula is C15H28O3. The van der Waals surface area contributed by atoms with Gasteiger partial charge in [0, 0.05) is 12.8 Å². The third-order valence-corrected chi connectivity index (χ3v) is 3.52. The Morgan fingerprint density at radius 1 is 1.17 bits per heavy atom. The highest BCUT2D eigenvalue weighted by atomic mass is 16.5. The van der Waals surface area contributed by atoms with E-state index in [2.05, 4.69) is 4.74 Å². The molecule has 0 aromatic heterocycles. The molecule has 0 saturated heterocycles. The van der Waals surface area contributed by atoms with Crippen LogP contribution in [0.3, 0.4) is 0 Å². The Bertz CT molecular complexity index is 275. The summed E-state index contributed by atoms with van der Waals surface area (Å²) in [4.78, 5) is 23.2. The Hall–Kier alpha value is -0.860. The molecule has 0 aromatic rings. The molecule has 3 heteroatoms. The van der Waals surface area contributed by atoms with Gasteiger partial charge in [0.25, 0.3) is 0 Å². The maximum atomic E-state index is 11.9. The summed E-state index contributed by atoms with van der Waals surface area (Å²) in [5.74, 6) is 0.658. The van der Waals surface area contributed by atoms with Crippen molar-refractivity contribution in [3.8, 4) is 0 Å². The molecule has 0 spiro atoms. The second-order valence-corrected chi connectivity index (χ2v) is 5.99. The number of ether oxygens (including phenoxy) is 1. The molecule has 0 unspecified atom stereocenters. The number of hydrogen-bond donors (Lipinski definition) is 0. The Morgan fingerprint density at radius 3 is 2.22 bits per heavy atom. The summed E-state index contributed by atoms with van der Waals surface area (Å²) in [7, 11) is 1.39. The smallest absolute Gasteiger partial charge is 0.306 e. The minimum atomic E-state index is -0.275. The monoisotopic (exact) mass is 256 g/mol. The van der Waals surface area contributed by atoms with Gasteiger partial charge in [-0.25, -0.2) is 0 Å². The first kappa shape index (κ1) is 17.1. The lowest BCUT2D eigenvalue weighted by Crippen LogP contribution is -2.22. The van der Waals surface area contributed by atoms with E-state index in [1.165, 1.54) is 32.8 Å². The summed E-state index contributed by atoms with van der Waals surface area (Å²) in [6.07, 6.45) is 6.43. The fraction of sp³-hybridized carbons (Fsp3) is 0.867. The van der Waals surface area contributed by atoms with Gasteiger partial charge in [0.15, 0.2) is 0 Å². The highest BCUT2D eigenvalue weighted by Crippen LogP contribution is 2.31. The quantitative estimate of drug-likeness (QED) is 0.680. The van der Waals surface area contributed by atoms with Crippen molar-refractivity contribution in [3.63, 3.8) is 0 Å². The van der Waals surface area contributed by atoms with Crippen LogP contribution in [0.4, 0.5) is 0 Å². The van der Waals surface area contributed by atoms with Crippen molar-refractivity contribution in [2.24, 2.45) is 11.3 Å². The minimum absolute atomic E-state index is 0. The molecule has 1 saturated carbocycles. The van der Waals surface area contributed by atoms with Crippen LogP contribution in [0.1, 0.15) is 66.2 Å². The maximum Gasteiger partial charge on any atom is 0.306 e. The second-order valence-electron chi connectivity index (χ2n) is 5.99. The van der Waals surface area contributed by atoms with Crippen LogP contribution in [0.25, 0.3) is 0 Å². The highest BCUT2D eigenvalue weighted by Gasteiger charge is 2.27. The van der Waals surface area contributed by atoms with E-state index >= 15 is 0 Å². The molecule has 0 heterocycles. The first-order chi connectivity index (χ1) is 7.93. The van der Waals surface area contributed by atoms with Crippen molar-refractivity contribution >= 4 is 11.8 Å². The lowest BCUT2D eigenvalue weighted by atomic mass is 9.82. The van der Waals surface area contributed by atoms with Gasteiger partial charge in [0.2, 0.25) is 0 Å². The van der Waals surface area contributed by atoms with Crippen molar-refractivity contribution in [3.05, 3.63) is 0 Å². The SMILES string of the molecule is C.COC(=O)CC(C)(C)CC(=O)CC1CCCC1. The van der Waals surface area contributed by atoms with Crippen molar-refractivity contribution in [2.45, 2.75) is 66.2 Å². The van der Waals surface area contributed by atoms with Gasteiger partial charge >= 0.3 is 5.97 Å².